The summed E-state index contributed by atoms with van der Waals surface area (Å²) in [7, 11) is 0. The molecule has 0 aromatic heterocycles. The molecule has 1 aromatic carbocycles. The van der Waals surface area contributed by atoms with Gasteiger partial charge >= 0.3 is 6.03 Å². The Balaban J connectivity index is 1.80. The van der Waals surface area contributed by atoms with Gasteiger partial charge in [0.1, 0.15) is 0 Å². The maximum Gasteiger partial charge on any atom is 0.319 e. The second-order valence-corrected chi connectivity index (χ2v) is 6.03. The average molecular weight is 275 g/mol. The van der Waals surface area contributed by atoms with Gasteiger partial charge in [0.2, 0.25) is 0 Å². The lowest BCUT2D eigenvalue weighted by Gasteiger charge is -2.13. The van der Waals surface area contributed by atoms with E-state index in [0.717, 1.165) is 23.7 Å². The van der Waals surface area contributed by atoms with Crippen LogP contribution in [0.5, 0.6) is 0 Å². The van der Waals surface area contributed by atoms with Crippen LogP contribution in [0.4, 0.5) is 10.5 Å². The van der Waals surface area contributed by atoms with Gasteiger partial charge in [0.05, 0.1) is 0 Å². The highest BCUT2D eigenvalue weighted by atomic mass is 16.2. The molecule has 1 saturated carbocycles. The molecule has 0 heterocycles. The van der Waals surface area contributed by atoms with E-state index in [9.17, 15) is 4.79 Å². The van der Waals surface area contributed by atoms with E-state index in [2.05, 4.69) is 17.6 Å². The van der Waals surface area contributed by atoms with Crippen LogP contribution in [-0.2, 0) is 0 Å². The number of rotatable bonds is 4. The zero-order chi connectivity index (χ0) is 14.5. The van der Waals surface area contributed by atoms with Crippen molar-refractivity contribution in [2.45, 2.75) is 39.2 Å². The van der Waals surface area contributed by atoms with Crippen molar-refractivity contribution in [1.82, 2.24) is 5.32 Å². The molecule has 1 aromatic rings. The van der Waals surface area contributed by atoms with Crippen LogP contribution in [0.3, 0.4) is 0 Å². The van der Waals surface area contributed by atoms with E-state index in [4.69, 9.17) is 5.73 Å². The number of benzene rings is 1. The minimum absolute atomic E-state index is 0.0280. The topological polar surface area (TPSA) is 67.2 Å². The maximum absolute atomic E-state index is 11.9. The highest BCUT2D eigenvalue weighted by Crippen LogP contribution is 2.29. The third-order valence-corrected chi connectivity index (χ3v) is 4.02. The van der Waals surface area contributed by atoms with Crippen LogP contribution in [0.15, 0.2) is 24.3 Å². The fourth-order valence-electron chi connectivity index (χ4n) is 2.82. The van der Waals surface area contributed by atoms with E-state index in [1.807, 2.05) is 31.2 Å². The van der Waals surface area contributed by atoms with E-state index >= 15 is 0 Å². The van der Waals surface area contributed by atoms with Crippen LogP contribution < -0.4 is 16.4 Å². The van der Waals surface area contributed by atoms with Crippen molar-refractivity contribution in [2.75, 3.05) is 11.9 Å². The van der Waals surface area contributed by atoms with Gasteiger partial charge in [-0.1, -0.05) is 25.5 Å². The largest absolute Gasteiger partial charge is 0.338 e. The molecule has 3 atom stereocenters. The van der Waals surface area contributed by atoms with Gasteiger partial charge < -0.3 is 16.4 Å². The first kappa shape index (κ1) is 14.9. The first-order valence-corrected chi connectivity index (χ1v) is 7.45. The number of carbonyl (C=O) groups excluding carboxylic acids is 1. The fourth-order valence-corrected chi connectivity index (χ4v) is 2.82. The maximum atomic E-state index is 11.9. The Kier molecular flexibility index (Phi) is 5.01. The molecule has 2 rings (SSSR count). The molecule has 20 heavy (non-hydrogen) atoms. The first-order chi connectivity index (χ1) is 9.54. The first-order valence-electron chi connectivity index (χ1n) is 7.45. The molecule has 4 N–H and O–H groups in total. The number of nitrogens with two attached hydrogens (primary N) is 1. The normalized spacial score (nSPS) is 23.4. The summed E-state index contributed by atoms with van der Waals surface area (Å²) >= 11 is 0. The van der Waals surface area contributed by atoms with E-state index in [1.54, 1.807) is 0 Å². The molecule has 1 aliphatic carbocycles. The third-order valence-electron chi connectivity index (χ3n) is 4.02. The molecule has 0 bridgehead atoms. The van der Waals surface area contributed by atoms with Crippen molar-refractivity contribution in [3.8, 4) is 0 Å². The Morgan fingerprint density at radius 3 is 2.90 bits per heavy atom. The molecular weight excluding hydrogens is 250 g/mol. The number of urea groups is 1. The zero-order valence-electron chi connectivity index (χ0n) is 12.4. The number of hydrogen-bond donors (Lipinski definition) is 3. The van der Waals surface area contributed by atoms with Crippen LogP contribution in [0.25, 0.3) is 0 Å². The Bertz CT molecular complexity index is 459. The summed E-state index contributed by atoms with van der Waals surface area (Å²) in [6.07, 6.45) is 3.73. The Labute approximate surface area is 121 Å². The highest BCUT2D eigenvalue weighted by Gasteiger charge is 2.21. The molecule has 3 unspecified atom stereocenters. The van der Waals surface area contributed by atoms with Gasteiger partial charge in [-0.15, -0.1) is 0 Å². The van der Waals surface area contributed by atoms with Gasteiger partial charge in [0.25, 0.3) is 0 Å². The van der Waals surface area contributed by atoms with E-state index in [0.29, 0.717) is 5.92 Å². The van der Waals surface area contributed by atoms with Crippen molar-refractivity contribution in [1.29, 1.82) is 0 Å². The van der Waals surface area contributed by atoms with Crippen molar-refractivity contribution in [2.24, 2.45) is 17.6 Å². The van der Waals surface area contributed by atoms with Gasteiger partial charge in [0.15, 0.2) is 0 Å². The second-order valence-electron chi connectivity index (χ2n) is 6.03. The van der Waals surface area contributed by atoms with Crippen molar-refractivity contribution >= 4 is 11.7 Å². The SMILES string of the molecule is CC1CCC(CNC(=O)Nc2cccc(C(C)N)c2)C1. The number of carbonyl (C=O) groups is 1. The van der Waals surface area contributed by atoms with Crippen LogP contribution in [0.2, 0.25) is 0 Å². The summed E-state index contributed by atoms with van der Waals surface area (Å²) in [5.74, 6) is 1.43. The molecule has 0 spiro atoms. The van der Waals surface area contributed by atoms with Crippen LogP contribution in [-0.4, -0.2) is 12.6 Å². The number of nitrogens with one attached hydrogen (secondary N) is 2. The van der Waals surface area contributed by atoms with Crippen LogP contribution in [0, 0.1) is 11.8 Å². The van der Waals surface area contributed by atoms with Gasteiger partial charge in [-0.05, 0) is 49.3 Å². The minimum atomic E-state index is -0.133. The fraction of sp³-hybridized carbons (Fsp3) is 0.562. The molecule has 4 heteroatoms. The Morgan fingerprint density at radius 1 is 1.45 bits per heavy atom. The summed E-state index contributed by atoms with van der Waals surface area (Å²) in [6, 6.07) is 7.51. The second kappa shape index (κ2) is 6.75. The van der Waals surface area contributed by atoms with E-state index in [-0.39, 0.29) is 12.1 Å². The molecule has 0 saturated heterocycles. The predicted octanol–water partition coefficient (Wildman–Crippen LogP) is 3.26. The summed E-state index contributed by atoms with van der Waals surface area (Å²) in [5.41, 5.74) is 7.65. The number of anilines is 1. The standard InChI is InChI=1S/C16H25N3O/c1-11-6-7-13(8-11)10-18-16(20)19-15-5-3-4-14(9-15)12(2)17/h3-5,9,11-13H,6-8,10,17H2,1-2H3,(H2,18,19,20). The number of amides is 2. The van der Waals surface area contributed by atoms with Crippen LogP contribution in [0.1, 0.15) is 44.7 Å². The lowest BCUT2D eigenvalue weighted by atomic mass is 10.1. The molecule has 0 aliphatic heterocycles. The van der Waals surface area contributed by atoms with E-state index in [1.165, 1.54) is 19.3 Å². The molecule has 1 aliphatic rings. The lowest BCUT2D eigenvalue weighted by Crippen LogP contribution is -2.32. The Hall–Kier alpha value is -1.55. The van der Waals surface area contributed by atoms with Crippen LogP contribution >= 0.6 is 0 Å². The van der Waals surface area contributed by atoms with Gasteiger partial charge in [-0.3, -0.25) is 0 Å². The van der Waals surface area contributed by atoms with E-state index < -0.39 is 0 Å². The summed E-state index contributed by atoms with van der Waals surface area (Å²) in [5, 5.41) is 5.83. The van der Waals surface area contributed by atoms with Gasteiger partial charge in [0, 0.05) is 18.3 Å². The number of hydrogen-bond acceptors (Lipinski definition) is 2. The predicted molar refractivity (Wildman–Crippen MR) is 82.6 cm³/mol. The monoisotopic (exact) mass is 275 g/mol. The molecule has 4 nitrogen and oxygen atoms in total. The molecule has 1 fully saturated rings. The highest BCUT2D eigenvalue weighted by molar-refractivity contribution is 5.89. The summed E-state index contributed by atoms with van der Waals surface area (Å²) in [4.78, 5) is 11.9. The quantitative estimate of drug-likeness (QED) is 0.789. The molecule has 110 valence electrons. The average Bonchev–Trinajstić information content (AvgIpc) is 2.82. The minimum Gasteiger partial charge on any atom is -0.338 e. The zero-order valence-corrected chi connectivity index (χ0v) is 12.4. The van der Waals surface area contributed by atoms with Crippen molar-refractivity contribution in [3.63, 3.8) is 0 Å². The third kappa shape index (κ3) is 4.23. The van der Waals surface area contributed by atoms with Gasteiger partial charge in [-0.2, -0.15) is 0 Å². The van der Waals surface area contributed by atoms with Gasteiger partial charge in [-0.25, -0.2) is 4.79 Å². The van der Waals surface area contributed by atoms with Crippen molar-refractivity contribution in [3.05, 3.63) is 29.8 Å². The van der Waals surface area contributed by atoms with Crippen molar-refractivity contribution < 1.29 is 4.79 Å². The lowest BCUT2D eigenvalue weighted by molar-refractivity contribution is 0.250. The summed E-state index contributed by atoms with van der Waals surface area (Å²) in [6.45, 7) is 4.98. The molecular formula is C16H25N3O. The summed E-state index contributed by atoms with van der Waals surface area (Å²) < 4.78 is 0. The smallest absolute Gasteiger partial charge is 0.319 e. The molecule has 2 amide bonds. The Morgan fingerprint density at radius 2 is 2.25 bits per heavy atom. The molecule has 0 radical (unpaired) electrons.